The van der Waals surface area contributed by atoms with Crippen LogP contribution in [0.1, 0.15) is 40.0 Å². The molecule has 0 radical (unpaired) electrons. The molecule has 0 saturated carbocycles. The van der Waals surface area contributed by atoms with E-state index in [2.05, 4.69) is 0 Å². The number of carbonyl (C=O) groups excluding carboxylic acids is 2. The summed E-state index contributed by atoms with van der Waals surface area (Å²) in [6.45, 7) is 7.06. The average molecular weight is 284 g/mol. The first-order chi connectivity index (χ1) is 9.26. The zero-order valence-electron chi connectivity index (χ0n) is 12.5. The molecule has 20 heavy (non-hydrogen) atoms. The minimum absolute atomic E-state index is 0.000850. The largest absolute Gasteiger partial charge is 0.444 e. The summed E-state index contributed by atoms with van der Waals surface area (Å²) in [7, 11) is 0. The maximum absolute atomic E-state index is 12.1. The van der Waals surface area contributed by atoms with Gasteiger partial charge in [-0.1, -0.05) is 0 Å². The number of hydrogen-bond donors (Lipinski definition) is 1. The molecule has 0 bridgehead atoms. The van der Waals surface area contributed by atoms with Gasteiger partial charge in [-0.3, -0.25) is 4.79 Å². The monoisotopic (exact) mass is 284 g/mol. The molecule has 2 heterocycles. The van der Waals surface area contributed by atoms with Crippen LogP contribution in [-0.4, -0.2) is 64.3 Å². The summed E-state index contributed by atoms with van der Waals surface area (Å²) in [5.74, 6) is -0.0199. The molecule has 2 unspecified atom stereocenters. The molecule has 114 valence electrons. The zero-order chi connectivity index (χ0) is 14.9. The molecule has 1 N–H and O–H groups in total. The number of β-amino-alcohol motifs (C(OH)–C–C–N with tert-alkyl or cyclic N) is 1. The number of hydrogen-bond acceptors (Lipinski definition) is 4. The quantitative estimate of drug-likeness (QED) is 0.779. The summed E-state index contributed by atoms with van der Waals surface area (Å²) in [5.41, 5.74) is -0.510. The SMILES string of the molecule is CC(C)(C)OC(=O)N1CCCC(N2CC(O)CC2=O)C1. The number of rotatable bonds is 1. The Bertz CT molecular complexity index is 391. The van der Waals surface area contributed by atoms with Crippen LogP contribution < -0.4 is 0 Å². The molecule has 6 nitrogen and oxygen atoms in total. The summed E-state index contributed by atoms with van der Waals surface area (Å²) in [4.78, 5) is 27.3. The Morgan fingerprint density at radius 3 is 2.60 bits per heavy atom. The predicted molar refractivity (Wildman–Crippen MR) is 73.2 cm³/mol. The number of nitrogens with zero attached hydrogens (tertiary/aromatic N) is 2. The smallest absolute Gasteiger partial charge is 0.410 e. The van der Waals surface area contributed by atoms with Gasteiger partial charge < -0.3 is 19.6 Å². The summed E-state index contributed by atoms with van der Waals surface area (Å²) >= 11 is 0. The number of ether oxygens (including phenoxy) is 1. The Morgan fingerprint density at radius 2 is 2.05 bits per heavy atom. The second-order valence-electron chi connectivity index (χ2n) is 6.63. The lowest BCUT2D eigenvalue weighted by atomic mass is 10.0. The Balaban J connectivity index is 1.95. The highest BCUT2D eigenvalue weighted by Gasteiger charge is 2.37. The topological polar surface area (TPSA) is 70.1 Å². The minimum Gasteiger partial charge on any atom is -0.444 e. The molecule has 0 spiro atoms. The van der Waals surface area contributed by atoms with Crippen LogP contribution in [0.3, 0.4) is 0 Å². The van der Waals surface area contributed by atoms with Crippen LogP contribution in [0.4, 0.5) is 4.79 Å². The van der Waals surface area contributed by atoms with E-state index in [4.69, 9.17) is 4.74 Å². The van der Waals surface area contributed by atoms with Crippen LogP contribution in [0, 0.1) is 0 Å². The zero-order valence-corrected chi connectivity index (χ0v) is 12.5. The highest BCUT2D eigenvalue weighted by molar-refractivity contribution is 5.79. The Kier molecular flexibility index (Phi) is 4.22. The summed E-state index contributed by atoms with van der Waals surface area (Å²) in [6.07, 6.45) is 1.03. The van der Waals surface area contributed by atoms with Crippen LogP contribution in [0.2, 0.25) is 0 Å². The van der Waals surface area contributed by atoms with Gasteiger partial charge in [-0.15, -0.1) is 0 Å². The molecule has 2 aliphatic rings. The van der Waals surface area contributed by atoms with Crippen molar-refractivity contribution in [2.75, 3.05) is 19.6 Å². The second kappa shape index (κ2) is 5.60. The van der Waals surface area contributed by atoms with Gasteiger partial charge in [-0.2, -0.15) is 0 Å². The third kappa shape index (κ3) is 3.62. The second-order valence-corrected chi connectivity index (χ2v) is 6.63. The molecule has 2 fully saturated rings. The van der Waals surface area contributed by atoms with E-state index in [1.165, 1.54) is 0 Å². The fourth-order valence-electron chi connectivity index (χ4n) is 2.77. The number of likely N-dealkylation sites (tertiary alicyclic amines) is 2. The highest BCUT2D eigenvalue weighted by atomic mass is 16.6. The van der Waals surface area contributed by atoms with Crippen LogP contribution in [0.5, 0.6) is 0 Å². The third-order valence-electron chi connectivity index (χ3n) is 3.63. The van der Waals surface area contributed by atoms with E-state index in [0.29, 0.717) is 19.6 Å². The minimum atomic E-state index is -0.570. The van der Waals surface area contributed by atoms with Gasteiger partial charge in [0.2, 0.25) is 5.91 Å². The normalized spacial score (nSPS) is 27.9. The van der Waals surface area contributed by atoms with Crippen LogP contribution >= 0.6 is 0 Å². The van der Waals surface area contributed by atoms with E-state index in [9.17, 15) is 14.7 Å². The average Bonchev–Trinajstić information content (AvgIpc) is 2.66. The van der Waals surface area contributed by atoms with Gasteiger partial charge in [0.05, 0.1) is 12.5 Å². The van der Waals surface area contributed by atoms with Gasteiger partial charge in [-0.25, -0.2) is 4.79 Å². The van der Waals surface area contributed by atoms with E-state index < -0.39 is 11.7 Å². The van der Waals surface area contributed by atoms with Crippen molar-refractivity contribution < 1.29 is 19.4 Å². The van der Waals surface area contributed by atoms with Crippen molar-refractivity contribution in [3.8, 4) is 0 Å². The first kappa shape index (κ1) is 15.1. The Morgan fingerprint density at radius 1 is 1.35 bits per heavy atom. The maximum atomic E-state index is 12.1. The van der Waals surface area contributed by atoms with Gasteiger partial charge in [0, 0.05) is 25.7 Å². The molecular formula is C14H24N2O4. The van der Waals surface area contributed by atoms with E-state index in [-0.39, 0.29) is 24.5 Å². The van der Waals surface area contributed by atoms with Crippen LogP contribution in [-0.2, 0) is 9.53 Å². The van der Waals surface area contributed by atoms with Gasteiger partial charge in [0.25, 0.3) is 0 Å². The first-order valence-corrected chi connectivity index (χ1v) is 7.22. The van der Waals surface area contributed by atoms with Crippen molar-refractivity contribution in [1.82, 2.24) is 9.80 Å². The van der Waals surface area contributed by atoms with E-state index in [0.717, 1.165) is 12.8 Å². The molecule has 2 aliphatic heterocycles. The van der Waals surface area contributed by atoms with Crippen molar-refractivity contribution in [3.05, 3.63) is 0 Å². The van der Waals surface area contributed by atoms with E-state index in [1.54, 1.807) is 9.80 Å². The number of piperidine rings is 1. The molecule has 2 saturated heterocycles. The fourth-order valence-corrected chi connectivity index (χ4v) is 2.77. The molecule has 2 amide bonds. The van der Waals surface area contributed by atoms with Crippen LogP contribution in [0.15, 0.2) is 0 Å². The van der Waals surface area contributed by atoms with Gasteiger partial charge in [0.1, 0.15) is 5.60 Å². The molecule has 0 aromatic carbocycles. The predicted octanol–water partition coefficient (Wildman–Crippen LogP) is 0.979. The highest BCUT2D eigenvalue weighted by Crippen LogP contribution is 2.23. The Labute approximate surface area is 119 Å². The van der Waals surface area contributed by atoms with Crippen molar-refractivity contribution in [2.24, 2.45) is 0 Å². The standard InChI is InChI=1S/C14H24N2O4/c1-14(2,3)20-13(19)15-6-4-5-10(8-15)16-9-11(17)7-12(16)18/h10-11,17H,4-9H2,1-3H3. The van der Waals surface area contributed by atoms with Gasteiger partial charge >= 0.3 is 6.09 Å². The van der Waals surface area contributed by atoms with E-state index in [1.807, 2.05) is 20.8 Å². The van der Waals surface area contributed by atoms with Crippen molar-refractivity contribution in [2.45, 2.75) is 57.8 Å². The van der Waals surface area contributed by atoms with Crippen molar-refractivity contribution in [1.29, 1.82) is 0 Å². The lowest BCUT2D eigenvalue weighted by Crippen LogP contribution is -2.51. The molecule has 2 rings (SSSR count). The van der Waals surface area contributed by atoms with Crippen LogP contribution in [0.25, 0.3) is 0 Å². The summed E-state index contributed by atoms with van der Waals surface area (Å²) < 4.78 is 5.37. The lowest BCUT2D eigenvalue weighted by molar-refractivity contribution is -0.130. The molecular weight excluding hydrogens is 260 g/mol. The maximum Gasteiger partial charge on any atom is 0.410 e. The number of aliphatic hydroxyl groups is 1. The molecule has 0 aromatic rings. The summed E-state index contributed by atoms with van der Waals surface area (Å²) in [6, 6.07) is 0.000850. The van der Waals surface area contributed by atoms with Gasteiger partial charge in [0.15, 0.2) is 0 Å². The number of aliphatic hydroxyl groups excluding tert-OH is 1. The van der Waals surface area contributed by atoms with Crippen molar-refractivity contribution in [3.63, 3.8) is 0 Å². The number of amides is 2. The molecule has 0 aliphatic carbocycles. The first-order valence-electron chi connectivity index (χ1n) is 7.22. The molecule has 2 atom stereocenters. The van der Waals surface area contributed by atoms with Crippen molar-refractivity contribution >= 4 is 12.0 Å². The number of carbonyl (C=O) groups is 2. The van der Waals surface area contributed by atoms with Gasteiger partial charge in [-0.05, 0) is 33.6 Å². The van der Waals surface area contributed by atoms with E-state index >= 15 is 0 Å². The fraction of sp³-hybridized carbons (Fsp3) is 0.857. The summed E-state index contributed by atoms with van der Waals surface area (Å²) in [5, 5.41) is 9.56. The third-order valence-corrected chi connectivity index (χ3v) is 3.63. The lowest BCUT2D eigenvalue weighted by Gasteiger charge is -2.38. The molecule has 6 heteroatoms. The molecule has 0 aromatic heterocycles. The Hall–Kier alpha value is -1.30.